The molecule has 0 fully saturated rings. The Morgan fingerprint density at radius 1 is 0.442 bits per heavy atom. The van der Waals surface area contributed by atoms with E-state index in [4.69, 9.17) is 0 Å². The van der Waals surface area contributed by atoms with Gasteiger partial charge in [-0.3, -0.25) is 0 Å². The van der Waals surface area contributed by atoms with Gasteiger partial charge in [-0.25, -0.2) is 0 Å². The Labute approximate surface area is 251 Å². The van der Waals surface area contributed by atoms with E-state index in [9.17, 15) is 0 Å². The van der Waals surface area contributed by atoms with E-state index in [1.165, 1.54) is 77.1 Å². The van der Waals surface area contributed by atoms with E-state index in [1.54, 1.807) is 0 Å². The van der Waals surface area contributed by atoms with Crippen molar-refractivity contribution in [3.63, 3.8) is 0 Å². The van der Waals surface area contributed by atoms with Crippen LogP contribution in [-0.4, -0.2) is 4.57 Å². The maximum atomic E-state index is 2.46. The minimum atomic E-state index is -0.399. The third kappa shape index (κ3) is 3.28. The molecule has 0 unspecified atom stereocenters. The highest BCUT2D eigenvalue weighted by Gasteiger charge is 2.46. The Morgan fingerprint density at radius 2 is 1.05 bits per heavy atom. The van der Waals surface area contributed by atoms with Gasteiger partial charge in [-0.2, -0.15) is 0 Å². The first-order valence-corrected chi connectivity index (χ1v) is 15.0. The zero-order chi connectivity index (χ0) is 28.5. The molecule has 0 saturated heterocycles. The summed E-state index contributed by atoms with van der Waals surface area (Å²) in [6, 6.07) is 58.4. The lowest BCUT2D eigenvalue weighted by Gasteiger charge is -2.34. The first-order chi connectivity index (χ1) is 21.2. The lowest BCUT2D eigenvalue weighted by molar-refractivity contribution is 0.769. The highest BCUT2D eigenvalue weighted by molar-refractivity contribution is 6.21. The van der Waals surface area contributed by atoms with Crippen molar-refractivity contribution in [2.45, 2.75) is 5.41 Å². The van der Waals surface area contributed by atoms with Crippen LogP contribution in [0, 0.1) is 0 Å². The molecular weight excluding hydrogens is 518 g/mol. The van der Waals surface area contributed by atoms with Crippen molar-refractivity contribution in [3.8, 4) is 22.3 Å². The van der Waals surface area contributed by atoms with Crippen LogP contribution in [0.3, 0.4) is 0 Å². The summed E-state index contributed by atoms with van der Waals surface area (Å²) in [6.45, 7) is 0. The van der Waals surface area contributed by atoms with E-state index in [-0.39, 0.29) is 0 Å². The molecule has 0 saturated carbocycles. The fourth-order valence-electron chi connectivity index (χ4n) is 7.78. The van der Waals surface area contributed by atoms with Gasteiger partial charge >= 0.3 is 0 Å². The summed E-state index contributed by atoms with van der Waals surface area (Å²) < 4.78 is 2.33. The van der Waals surface area contributed by atoms with Gasteiger partial charge in [0.1, 0.15) is 0 Å². The summed E-state index contributed by atoms with van der Waals surface area (Å²) in [5.74, 6) is 0. The molecule has 202 valence electrons. The SMILES string of the molecule is Cn1c2ccc(-c3ccc4c(c3)C(c3ccccc3)(c3ccccc3)c3ccccc3-4)cc2c2c3ccccc3ccc21. The average Bonchev–Trinajstić information content (AvgIpc) is 3.54. The summed E-state index contributed by atoms with van der Waals surface area (Å²) in [5.41, 5.74) is 12.5. The summed E-state index contributed by atoms with van der Waals surface area (Å²) >= 11 is 0. The molecule has 1 heterocycles. The number of hydrogen-bond donors (Lipinski definition) is 0. The smallest absolute Gasteiger partial charge is 0.0713 e. The molecule has 9 rings (SSSR count). The van der Waals surface area contributed by atoms with Gasteiger partial charge < -0.3 is 4.57 Å². The van der Waals surface area contributed by atoms with Crippen LogP contribution in [0.5, 0.6) is 0 Å². The van der Waals surface area contributed by atoms with Crippen LogP contribution in [0.4, 0.5) is 0 Å². The minimum Gasteiger partial charge on any atom is -0.344 e. The van der Waals surface area contributed by atoms with Gasteiger partial charge in [0, 0.05) is 28.9 Å². The van der Waals surface area contributed by atoms with E-state index in [0.29, 0.717) is 0 Å². The molecule has 0 amide bonds. The van der Waals surface area contributed by atoms with Crippen molar-refractivity contribution >= 4 is 32.6 Å². The van der Waals surface area contributed by atoms with Crippen molar-refractivity contribution in [1.29, 1.82) is 0 Å². The molecule has 0 atom stereocenters. The topological polar surface area (TPSA) is 4.93 Å². The fourth-order valence-corrected chi connectivity index (χ4v) is 7.78. The molecule has 0 radical (unpaired) electrons. The van der Waals surface area contributed by atoms with E-state index in [1.807, 2.05) is 0 Å². The number of rotatable bonds is 3. The summed E-state index contributed by atoms with van der Waals surface area (Å²) in [6.07, 6.45) is 0. The van der Waals surface area contributed by atoms with Crippen molar-refractivity contribution < 1.29 is 0 Å². The highest BCUT2D eigenvalue weighted by atomic mass is 14.9. The van der Waals surface area contributed by atoms with Crippen LogP contribution >= 0.6 is 0 Å². The largest absolute Gasteiger partial charge is 0.344 e. The molecule has 0 N–H and O–H groups in total. The maximum absolute atomic E-state index is 2.46. The number of aryl methyl sites for hydroxylation is 1. The molecular formula is C42H29N. The molecule has 7 aromatic carbocycles. The molecule has 0 aliphatic heterocycles. The number of benzene rings is 7. The van der Waals surface area contributed by atoms with Gasteiger partial charge in [-0.1, -0.05) is 133 Å². The minimum absolute atomic E-state index is 0.399. The maximum Gasteiger partial charge on any atom is 0.0713 e. The second kappa shape index (κ2) is 9.05. The normalized spacial score (nSPS) is 13.4. The molecule has 1 aliphatic rings. The molecule has 43 heavy (non-hydrogen) atoms. The summed E-state index contributed by atoms with van der Waals surface area (Å²) in [7, 11) is 2.18. The summed E-state index contributed by atoms with van der Waals surface area (Å²) in [4.78, 5) is 0. The average molecular weight is 548 g/mol. The predicted molar refractivity (Wildman–Crippen MR) is 181 cm³/mol. The van der Waals surface area contributed by atoms with Crippen LogP contribution in [0.1, 0.15) is 22.3 Å². The number of hydrogen-bond acceptors (Lipinski definition) is 0. The Bertz CT molecular complexity index is 2300. The van der Waals surface area contributed by atoms with Crippen LogP contribution in [0.2, 0.25) is 0 Å². The number of nitrogens with zero attached hydrogens (tertiary/aromatic N) is 1. The van der Waals surface area contributed by atoms with E-state index < -0.39 is 5.41 Å². The second-order valence-electron chi connectivity index (χ2n) is 11.8. The van der Waals surface area contributed by atoms with Crippen LogP contribution < -0.4 is 0 Å². The van der Waals surface area contributed by atoms with E-state index in [2.05, 4.69) is 169 Å². The van der Waals surface area contributed by atoms with Crippen molar-refractivity contribution in [2.75, 3.05) is 0 Å². The lowest BCUT2D eigenvalue weighted by atomic mass is 9.67. The van der Waals surface area contributed by atoms with Crippen molar-refractivity contribution in [3.05, 3.63) is 180 Å². The van der Waals surface area contributed by atoms with Crippen LogP contribution in [-0.2, 0) is 12.5 Å². The highest BCUT2D eigenvalue weighted by Crippen LogP contribution is 2.56. The fraction of sp³-hybridized carbons (Fsp3) is 0.0476. The first kappa shape index (κ1) is 24.2. The monoisotopic (exact) mass is 547 g/mol. The number of aromatic nitrogens is 1. The molecule has 0 bridgehead atoms. The van der Waals surface area contributed by atoms with Gasteiger partial charge in [-0.05, 0) is 79.5 Å². The molecule has 1 aromatic heterocycles. The molecule has 8 aromatic rings. The van der Waals surface area contributed by atoms with E-state index >= 15 is 0 Å². The van der Waals surface area contributed by atoms with Crippen molar-refractivity contribution in [2.24, 2.45) is 7.05 Å². The zero-order valence-corrected chi connectivity index (χ0v) is 24.0. The first-order valence-electron chi connectivity index (χ1n) is 15.0. The van der Waals surface area contributed by atoms with Gasteiger partial charge in [-0.15, -0.1) is 0 Å². The molecule has 1 heteroatoms. The second-order valence-corrected chi connectivity index (χ2v) is 11.8. The quantitative estimate of drug-likeness (QED) is 0.207. The standard InChI is InChI=1S/C42H29N/c1-43-39-24-22-29(26-36(39)41-33-17-9-8-12-28(33)21-25-40(41)43)30-20-23-35-34-18-10-11-19-37(34)42(38(35)27-30,31-13-4-2-5-14-31)32-15-6-3-7-16-32/h2-27H,1H3. The Hall–Kier alpha value is -5.40. The molecule has 1 nitrogen and oxygen atoms in total. The van der Waals surface area contributed by atoms with Gasteiger partial charge in [0.05, 0.1) is 5.41 Å². The zero-order valence-electron chi connectivity index (χ0n) is 24.0. The third-order valence-electron chi connectivity index (χ3n) is 9.69. The molecule has 1 aliphatic carbocycles. The van der Waals surface area contributed by atoms with E-state index in [0.717, 1.165) is 0 Å². The van der Waals surface area contributed by atoms with Crippen LogP contribution in [0.15, 0.2) is 158 Å². The van der Waals surface area contributed by atoms with Gasteiger partial charge in [0.25, 0.3) is 0 Å². The number of fused-ring (bicyclic) bond motifs is 8. The Kier molecular flexibility index (Phi) is 5.10. The third-order valence-corrected chi connectivity index (χ3v) is 9.69. The molecule has 0 spiro atoms. The van der Waals surface area contributed by atoms with Crippen LogP contribution in [0.25, 0.3) is 54.8 Å². The van der Waals surface area contributed by atoms with Gasteiger partial charge in [0.2, 0.25) is 0 Å². The van der Waals surface area contributed by atoms with Gasteiger partial charge in [0.15, 0.2) is 0 Å². The van der Waals surface area contributed by atoms with Crippen molar-refractivity contribution in [1.82, 2.24) is 4.57 Å². The predicted octanol–water partition coefficient (Wildman–Crippen LogP) is 10.5. The summed E-state index contributed by atoms with van der Waals surface area (Å²) in [5, 5.41) is 5.21. The lowest BCUT2D eigenvalue weighted by Crippen LogP contribution is -2.28. The Balaban J connectivity index is 1.34. The Morgan fingerprint density at radius 3 is 1.84 bits per heavy atom.